The second kappa shape index (κ2) is 5.61. The molecule has 0 saturated heterocycles. The molecule has 0 aromatic heterocycles. The maximum Gasteiger partial charge on any atom is 0.321 e. The van der Waals surface area contributed by atoms with Crippen LogP contribution in [0.2, 0.25) is 0 Å². The van der Waals surface area contributed by atoms with Crippen molar-refractivity contribution in [3.05, 3.63) is 29.3 Å². The average Bonchev–Trinajstić information content (AvgIpc) is 2.36. The normalized spacial score (nSPS) is 16.3. The van der Waals surface area contributed by atoms with Crippen molar-refractivity contribution >= 4 is 11.7 Å². The van der Waals surface area contributed by atoms with E-state index in [2.05, 4.69) is 19.2 Å². The third kappa shape index (κ3) is 3.26. The fraction of sp³-hybridized carbons (Fsp3) is 0.533. The first-order valence-corrected chi connectivity index (χ1v) is 6.80. The molecule has 1 aliphatic rings. The molecule has 1 atom stereocenters. The third-order valence-electron chi connectivity index (χ3n) is 3.53. The van der Waals surface area contributed by atoms with E-state index >= 15 is 0 Å². The van der Waals surface area contributed by atoms with Crippen molar-refractivity contribution in [2.45, 2.75) is 39.3 Å². The smallest absolute Gasteiger partial charge is 0.321 e. The van der Waals surface area contributed by atoms with Gasteiger partial charge in [0, 0.05) is 19.3 Å². The van der Waals surface area contributed by atoms with Crippen molar-refractivity contribution in [1.29, 1.82) is 0 Å². The molecule has 1 heterocycles. The van der Waals surface area contributed by atoms with Crippen molar-refractivity contribution in [3.8, 4) is 0 Å². The van der Waals surface area contributed by atoms with Crippen LogP contribution in [0.5, 0.6) is 0 Å². The number of aliphatic hydroxyl groups is 1. The standard InChI is InChI=1S/C15H22N2O2/c1-10(2)4-7-14(18)11-5-6-13-12(8-11)9-17(3)15(19)16-13/h5-6,8,10,14,18H,4,7,9H2,1-3H3,(H,16,19). The molecular formula is C15H22N2O2. The lowest BCUT2D eigenvalue weighted by Gasteiger charge is -2.26. The second-order valence-electron chi connectivity index (χ2n) is 5.69. The van der Waals surface area contributed by atoms with Crippen LogP contribution in [0.25, 0.3) is 0 Å². The van der Waals surface area contributed by atoms with Gasteiger partial charge in [-0.3, -0.25) is 0 Å². The Morgan fingerprint density at radius 3 is 2.79 bits per heavy atom. The largest absolute Gasteiger partial charge is 0.388 e. The second-order valence-corrected chi connectivity index (χ2v) is 5.69. The number of nitrogens with zero attached hydrogens (tertiary/aromatic N) is 1. The zero-order valence-electron chi connectivity index (χ0n) is 11.8. The van der Waals surface area contributed by atoms with Gasteiger partial charge in [0.2, 0.25) is 0 Å². The predicted octanol–water partition coefficient (Wildman–Crippen LogP) is 3.13. The van der Waals surface area contributed by atoms with Crippen LogP contribution in [0.3, 0.4) is 0 Å². The van der Waals surface area contributed by atoms with Crippen LogP contribution in [0.15, 0.2) is 18.2 Å². The molecule has 0 spiro atoms. The van der Waals surface area contributed by atoms with Crippen molar-refractivity contribution in [2.24, 2.45) is 5.92 Å². The van der Waals surface area contributed by atoms with Gasteiger partial charge in [-0.15, -0.1) is 0 Å². The van der Waals surface area contributed by atoms with Crippen LogP contribution in [0.4, 0.5) is 10.5 Å². The SMILES string of the molecule is CC(C)CCC(O)c1ccc2c(c1)CN(C)C(=O)N2. The van der Waals surface area contributed by atoms with Gasteiger partial charge >= 0.3 is 6.03 Å². The lowest BCUT2D eigenvalue weighted by molar-refractivity contribution is 0.159. The molecule has 1 aromatic carbocycles. The minimum atomic E-state index is -0.421. The van der Waals surface area contributed by atoms with Crippen LogP contribution < -0.4 is 5.32 Å². The summed E-state index contributed by atoms with van der Waals surface area (Å²) in [5.41, 5.74) is 2.84. The molecule has 1 unspecified atom stereocenters. The minimum absolute atomic E-state index is 0.0828. The van der Waals surface area contributed by atoms with Crippen LogP contribution in [-0.2, 0) is 6.54 Å². The first-order chi connectivity index (χ1) is 8.97. The first-order valence-electron chi connectivity index (χ1n) is 6.80. The molecule has 0 saturated carbocycles. The van der Waals surface area contributed by atoms with Gasteiger partial charge in [-0.25, -0.2) is 4.79 Å². The van der Waals surface area contributed by atoms with Crippen LogP contribution >= 0.6 is 0 Å². The van der Waals surface area contributed by atoms with E-state index in [9.17, 15) is 9.90 Å². The molecule has 1 aliphatic heterocycles. The van der Waals surface area contributed by atoms with Crippen molar-refractivity contribution in [1.82, 2.24) is 4.90 Å². The lowest BCUT2D eigenvalue weighted by atomic mass is 9.97. The van der Waals surface area contributed by atoms with E-state index in [-0.39, 0.29) is 6.03 Å². The quantitative estimate of drug-likeness (QED) is 0.876. The Balaban J connectivity index is 2.12. The van der Waals surface area contributed by atoms with Crippen molar-refractivity contribution in [3.63, 3.8) is 0 Å². The molecule has 0 fully saturated rings. The molecule has 0 aliphatic carbocycles. The van der Waals surface area contributed by atoms with E-state index in [0.717, 1.165) is 29.7 Å². The third-order valence-corrected chi connectivity index (χ3v) is 3.53. The fourth-order valence-electron chi connectivity index (χ4n) is 2.27. The highest BCUT2D eigenvalue weighted by Crippen LogP contribution is 2.28. The van der Waals surface area contributed by atoms with E-state index in [0.29, 0.717) is 12.5 Å². The summed E-state index contributed by atoms with van der Waals surface area (Å²) >= 11 is 0. The molecule has 19 heavy (non-hydrogen) atoms. The van der Waals surface area contributed by atoms with Crippen molar-refractivity contribution in [2.75, 3.05) is 12.4 Å². The highest BCUT2D eigenvalue weighted by molar-refractivity contribution is 5.92. The molecule has 2 rings (SSSR count). The summed E-state index contributed by atoms with van der Waals surface area (Å²) in [4.78, 5) is 13.2. The Labute approximate surface area is 114 Å². The number of hydrogen-bond donors (Lipinski definition) is 2. The van der Waals surface area contributed by atoms with Crippen molar-refractivity contribution < 1.29 is 9.90 Å². The average molecular weight is 262 g/mol. The summed E-state index contributed by atoms with van der Waals surface area (Å²) in [6.07, 6.45) is 1.36. The zero-order valence-corrected chi connectivity index (χ0v) is 11.8. The summed E-state index contributed by atoms with van der Waals surface area (Å²) < 4.78 is 0. The van der Waals surface area contributed by atoms with Gasteiger partial charge in [0.15, 0.2) is 0 Å². The van der Waals surface area contributed by atoms with E-state index in [4.69, 9.17) is 0 Å². The van der Waals surface area contributed by atoms with Gasteiger partial charge in [0.05, 0.1) is 6.10 Å². The van der Waals surface area contributed by atoms with Gasteiger partial charge in [-0.05, 0) is 42.0 Å². The van der Waals surface area contributed by atoms with Crippen LogP contribution in [-0.4, -0.2) is 23.1 Å². The number of nitrogens with one attached hydrogen (secondary N) is 1. The van der Waals surface area contributed by atoms with Gasteiger partial charge in [0.1, 0.15) is 0 Å². The monoisotopic (exact) mass is 262 g/mol. The number of urea groups is 1. The predicted molar refractivity (Wildman–Crippen MR) is 76.0 cm³/mol. The summed E-state index contributed by atoms with van der Waals surface area (Å²) in [5.74, 6) is 0.595. The molecule has 4 heteroatoms. The topological polar surface area (TPSA) is 52.6 Å². The first kappa shape index (κ1) is 13.9. The fourth-order valence-corrected chi connectivity index (χ4v) is 2.27. The summed E-state index contributed by atoms with van der Waals surface area (Å²) in [7, 11) is 1.76. The minimum Gasteiger partial charge on any atom is -0.388 e. The molecular weight excluding hydrogens is 240 g/mol. The number of carbonyl (C=O) groups excluding carboxylic acids is 1. The Bertz CT molecular complexity index is 471. The van der Waals surface area contributed by atoms with E-state index in [1.165, 1.54) is 0 Å². The number of hydrogen-bond acceptors (Lipinski definition) is 2. The number of rotatable bonds is 4. The van der Waals surface area contributed by atoms with Crippen LogP contribution in [0, 0.1) is 5.92 Å². The highest BCUT2D eigenvalue weighted by atomic mass is 16.3. The Hall–Kier alpha value is -1.55. The molecule has 104 valence electrons. The number of anilines is 1. The van der Waals surface area contributed by atoms with E-state index in [1.54, 1.807) is 11.9 Å². The van der Waals surface area contributed by atoms with Gasteiger partial charge in [-0.2, -0.15) is 0 Å². The number of benzene rings is 1. The maximum atomic E-state index is 11.5. The molecule has 2 amide bonds. The molecule has 1 aromatic rings. The molecule has 2 N–H and O–H groups in total. The number of aliphatic hydroxyl groups excluding tert-OH is 1. The number of amides is 2. The maximum absolute atomic E-state index is 11.5. The molecule has 0 bridgehead atoms. The summed E-state index contributed by atoms with van der Waals surface area (Å²) in [6.45, 7) is 4.90. The molecule has 0 radical (unpaired) electrons. The molecule has 4 nitrogen and oxygen atoms in total. The number of fused-ring (bicyclic) bond motifs is 1. The van der Waals surface area contributed by atoms with E-state index in [1.807, 2.05) is 18.2 Å². The summed E-state index contributed by atoms with van der Waals surface area (Å²) in [6, 6.07) is 5.69. The van der Waals surface area contributed by atoms with Crippen LogP contribution in [0.1, 0.15) is 43.9 Å². The van der Waals surface area contributed by atoms with Gasteiger partial charge in [0.25, 0.3) is 0 Å². The highest BCUT2D eigenvalue weighted by Gasteiger charge is 2.20. The zero-order chi connectivity index (χ0) is 14.0. The summed E-state index contributed by atoms with van der Waals surface area (Å²) in [5, 5.41) is 13.0. The lowest BCUT2D eigenvalue weighted by Crippen LogP contribution is -2.35. The Morgan fingerprint density at radius 1 is 1.37 bits per heavy atom. The Morgan fingerprint density at radius 2 is 2.11 bits per heavy atom. The number of carbonyl (C=O) groups is 1. The van der Waals surface area contributed by atoms with Gasteiger partial charge in [-0.1, -0.05) is 19.9 Å². The van der Waals surface area contributed by atoms with Gasteiger partial charge < -0.3 is 15.3 Å². The Kier molecular flexibility index (Phi) is 4.10. The van der Waals surface area contributed by atoms with E-state index < -0.39 is 6.10 Å².